The molecule has 3 rings (SSSR count). The SMILES string of the molecule is CCCc1nnc(NC(=O)C(C#N)=Cc2cc(Br)ccc2OCCOc2ccc(C(C)CC)cc2)s1. The second-order valence-corrected chi connectivity index (χ2v) is 10.1. The van der Waals surface area contributed by atoms with E-state index < -0.39 is 5.91 Å². The van der Waals surface area contributed by atoms with E-state index in [1.807, 2.05) is 31.2 Å². The molecule has 9 heteroatoms. The summed E-state index contributed by atoms with van der Waals surface area (Å²) < 4.78 is 12.5. The summed E-state index contributed by atoms with van der Waals surface area (Å²) in [5.74, 6) is 1.29. The van der Waals surface area contributed by atoms with Crippen molar-refractivity contribution in [1.29, 1.82) is 5.26 Å². The third-order valence-electron chi connectivity index (χ3n) is 5.46. The molecule has 0 saturated carbocycles. The quantitative estimate of drug-likeness (QED) is 0.147. The third kappa shape index (κ3) is 7.90. The molecule has 3 aromatic rings. The zero-order valence-corrected chi connectivity index (χ0v) is 23.0. The number of rotatable bonds is 12. The fourth-order valence-corrected chi connectivity index (χ4v) is 4.51. The Morgan fingerprint density at radius 3 is 2.61 bits per heavy atom. The average molecular weight is 570 g/mol. The number of hydrogen-bond acceptors (Lipinski definition) is 7. The van der Waals surface area contributed by atoms with Crippen LogP contribution in [0.4, 0.5) is 5.13 Å². The minimum absolute atomic E-state index is 0.0668. The maximum atomic E-state index is 12.7. The van der Waals surface area contributed by atoms with Gasteiger partial charge in [0.2, 0.25) is 5.13 Å². The number of aromatic nitrogens is 2. The molecule has 188 valence electrons. The van der Waals surface area contributed by atoms with E-state index in [0.717, 1.165) is 34.5 Å². The lowest BCUT2D eigenvalue weighted by Crippen LogP contribution is -2.13. The number of nitrogens with zero attached hydrogens (tertiary/aromatic N) is 3. The smallest absolute Gasteiger partial charge is 0.268 e. The van der Waals surface area contributed by atoms with Gasteiger partial charge in [0.25, 0.3) is 5.91 Å². The minimum atomic E-state index is -0.549. The van der Waals surface area contributed by atoms with E-state index in [4.69, 9.17) is 9.47 Å². The second kappa shape index (κ2) is 13.8. The largest absolute Gasteiger partial charge is 0.490 e. The molecule has 2 aromatic carbocycles. The molecule has 7 nitrogen and oxygen atoms in total. The Kier molecular flexibility index (Phi) is 10.5. The highest BCUT2D eigenvalue weighted by Gasteiger charge is 2.14. The van der Waals surface area contributed by atoms with Crippen molar-refractivity contribution in [2.45, 2.75) is 46.0 Å². The van der Waals surface area contributed by atoms with Crippen LogP contribution in [0.5, 0.6) is 11.5 Å². The molecule has 0 saturated heterocycles. The van der Waals surface area contributed by atoms with Gasteiger partial charge >= 0.3 is 0 Å². The number of ether oxygens (including phenoxy) is 2. The van der Waals surface area contributed by atoms with Crippen molar-refractivity contribution in [2.24, 2.45) is 0 Å². The van der Waals surface area contributed by atoms with Gasteiger partial charge in [0.05, 0.1) is 0 Å². The van der Waals surface area contributed by atoms with Crippen LogP contribution < -0.4 is 14.8 Å². The Hall–Kier alpha value is -3.22. The maximum Gasteiger partial charge on any atom is 0.268 e. The number of aryl methyl sites for hydroxylation is 1. The van der Waals surface area contributed by atoms with Gasteiger partial charge in [-0.15, -0.1) is 10.2 Å². The number of halogens is 1. The Morgan fingerprint density at radius 1 is 1.17 bits per heavy atom. The Balaban J connectivity index is 1.63. The molecular formula is C27H29BrN4O3S. The summed E-state index contributed by atoms with van der Waals surface area (Å²) in [7, 11) is 0. The molecule has 0 spiro atoms. The van der Waals surface area contributed by atoms with E-state index in [2.05, 4.69) is 57.4 Å². The van der Waals surface area contributed by atoms with Crippen LogP contribution >= 0.6 is 27.3 Å². The van der Waals surface area contributed by atoms with Gasteiger partial charge in [0.15, 0.2) is 0 Å². The molecule has 0 aliphatic heterocycles. The van der Waals surface area contributed by atoms with Gasteiger partial charge in [-0.2, -0.15) is 5.26 Å². The van der Waals surface area contributed by atoms with Gasteiger partial charge in [0, 0.05) is 16.5 Å². The van der Waals surface area contributed by atoms with E-state index >= 15 is 0 Å². The van der Waals surface area contributed by atoms with Gasteiger partial charge in [-0.05, 0) is 60.7 Å². The summed E-state index contributed by atoms with van der Waals surface area (Å²) in [5.41, 5.74) is 1.82. The number of benzene rings is 2. The summed E-state index contributed by atoms with van der Waals surface area (Å²) in [5, 5.41) is 21.5. The average Bonchev–Trinajstić information content (AvgIpc) is 3.32. The summed E-state index contributed by atoms with van der Waals surface area (Å²) in [6, 6.07) is 15.5. The molecular weight excluding hydrogens is 540 g/mol. The molecule has 0 aliphatic rings. The van der Waals surface area contributed by atoms with Crippen molar-refractivity contribution >= 4 is 44.4 Å². The topological polar surface area (TPSA) is 97.1 Å². The standard InChI is InChI=1S/C27H29BrN4O3S/c1-4-6-25-31-32-27(36-25)30-26(33)21(17-29)15-20-16-22(28)9-12-24(20)35-14-13-34-23-10-7-19(8-11-23)18(3)5-2/h7-12,15-16,18H,4-6,13-14H2,1-3H3,(H,30,32,33). The van der Waals surface area contributed by atoms with Crippen molar-refractivity contribution in [1.82, 2.24) is 10.2 Å². The highest BCUT2D eigenvalue weighted by molar-refractivity contribution is 9.10. The van der Waals surface area contributed by atoms with E-state index in [0.29, 0.717) is 35.6 Å². The first-order chi connectivity index (χ1) is 17.4. The molecule has 1 atom stereocenters. The van der Waals surface area contributed by atoms with Crippen LogP contribution in [0, 0.1) is 11.3 Å². The minimum Gasteiger partial charge on any atom is -0.490 e. The third-order valence-corrected chi connectivity index (χ3v) is 6.85. The van der Waals surface area contributed by atoms with E-state index in [1.165, 1.54) is 23.0 Å². The fraction of sp³-hybridized carbons (Fsp3) is 0.333. The monoisotopic (exact) mass is 568 g/mol. The van der Waals surface area contributed by atoms with Crippen molar-refractivity contribution < 1.29 is 14.3 Å². The number of carbonyl (C=O) groups excluding carboxylic acids is 1. The van der Waals surface area contributed by atoms with Crippen LogP contribution in [0.15, 0.2) is 52.5 Å². The molecule has 36 heavy (non-hydrogen) atoms. The van der Waals surface area contributed by atoms with Gasteiger partial charge in [-0.1, -0.05) is 60.2 Å². The molecule has 1 amide bonds. The maximum absolute atomic E-state index is 12.7. The highest BCUT2D eigenvalue weighted by atomic mass is 79.9. The van der Waals surface area contributed by atoms with E-state index in [-0.39, 0.29) is 5.57 Å². The molecule has 0 radical (unpaired) electrons. The summed E-state index contributed by atoms with van der Waals surface area (Å²) >= 11 is 4.74. The van der Waals surface area contributed by atoms with Crippen molar-refractivity contribution in [3.63, 3.8) is 0 Å². The lowest BCUT2D eigenvalue weighted by molar-refractivity contribution is -0.112. The van der Waals surface area contributed by atoms with Gasteiger partial charge in [-0.25, -0.2) is 0 Å². The predicted molar refractivity (Wildman–Crippen MR) is 146 cm³/mol. The lowest BCUT2D eigenvalue weighted by atomic mass is 9.99. The Bertz CT molecular complexity index is 1230. The number of nitriles is 1. The van der Waals surface area contributed by atoms with Gasteiger partial charge < -0.3 is 9.47 Å². The van der Waals surface area contributed by atoms with Gasteiger partial charge in [0.1, 0.15) is 41.4 Å². The van der Waals surface area contributed by atoms with Crippen LogP contribution in [0.1, 0.15) is 55.7 Å². The molecule has 1 unspecified atom stereocenters. The van der Waals surface area contributed by atoms with Crippen molar-refractivity contribution in [3.05, 3.63) is 68.6 Å². The van der Waals surface area contributed by atoms with Crippen LogP contribution in [-0.2, 0) is 11.2 Å². The Labute approximate surface area is 224 Å². The summed E-state index contributed by atoms with van der Waals surface area (Å²) in [4.78, 5) is 12.7. The van der Waals surface area contributed by atoms with Crippen LogP contribution in [0.25, 0.3) is 6.08 Å². The highest BCUT2D eigenvalue weighted by Crippen LogP contribution is 2.27. The predicted octanol–water partition coefficient (Wildman–Crippen LogP) is 6.77. The summed E-state index contributed by atoms with van der Waals surface area (Å²) in [6.07, 6.45) is 4.32. The number of anilines is 1. The molecule has 0 fully saturated rings. The van der Waals surface area contributed by atoms with Crippen LogP contribution in [-0.4, -0.2) is 29.3 Å². The number of nitrogens with one attached hydrogen (secondary N) is 1. The van der Waals surface area contributed by atoms with Crippen molar-refractivity contribution in [3.8, 4) is 17.6 Å². The Morgan fingerprint density at radius 2 is 1.92 bits per heavy atom. The molecule has 1 N–H and O–H groups in total. The normalized spacial score (nSPS) is 12.0. The molecule has 0 aliphatic carbocycles. The molecule has 1 heterocycles. The number of carbonyl (C=O) groups is 1. The first kappa shape index (κ1) is 27.4. The zero-order valence-electron chi connectivity index (χ0n) is 20.6. The van der Waals surface area contributed by atoms with E-state index in [9.17, 15) is 10.1 Å². The zero-order chi connectivity index (χ0) is 25.9. The summed E-state index contributed by atoms with van der Waals surface area (Å²) in [6.45, 7) is 7.07. The lowest BCUT2D eigenvalue weighted by Gasteiger charge is -2.13. The number of amides is 1. The molecule has 0 bridgehead atoms. The van der Waals surface area contributed by atoms with Gasteiger partial charge in [-0.3, -0.25) is 10.1 Å². The first-order valence-electron chi connectivity index (χ1n) is 11.8. The van der Waals surface area contributed by atoms with Crippen molar-refractivity contribution in [2.75, 3.05) is 18.5 Å². The van der Waals surface area contributed by atoms with Crippen LogP contribution in [0.2, 0.25) is 0 Å². The van der Waals surface area contributed by atoms with Crippen LogP contribution in [0.3, 0.4) is 0 Å². The second-order valence-electron chi connectivity index (χ2n) is 8.13. The number of hydrogen-bond donors (Lipinski definition) is 1. The molecule has 1 aromatic heterocycles. The first-order valence-corrected chi connectivity index (χ1v) is 13.4. The fourth-order valence-electron chi connectivity index (χ4n) is 3.29. The van der Waals surface area contributed by atoms with E-state index in [1.54, 1.807) is 12.1 Å².